The Morgan fingerprint density at radius 1 is 1.53 bits per heavy atom. The number of rotatable bonds is 2. The van der Waals surface area contributed by atoms with Crippen molar-refractivity contribution in [1.82, 2.24) is 4.98 Å². The number of anilines is 1. The number of halogens is 1. The van der Waals surface area contributed by atoms with Gasteiger partial charge in [-0.1, -0.05) is 6.07 Å². The van der Waals surface area contributed by atoms with Crippen LogP contribution in [-0.4, -0.2) is 23.7 Å². The number of hydrogen-bond donors (Lipinski definition) is 1. The molecule has 1 fully saturated rings. The fourth-order valence-corrected chi connectivity index (χ4v) is 2.16. The quantitative estimate of drug-likeness (QED) is 0.840. The first-order chi connectivity index (χ1) is 7.18. The van der Waals surface area contributed by atoms with Crippen LogP contribution in [0.25, 0.3) is 0 Å². The van der Waals surface area contributed by atoms with Crippen molar-refractivity contribution >= 4 is 21.7 Å². The van der Waals surface area contributed by atoms with Crippen molar-refractivity contribution in [3.05, 3.63) is 22.8 Å². The van der Waals surface area contributed by atoms with Gasteiger partial charge in [-0.3, -0.25) is 0 Å². The zero-order valence-corrected chi connectivity index (χ0v) is 10.4. The zero-order valence-electron chi connectivity index (χ0n) is 8.79. The van der Waals surface area contributed by atoms with Crippen LogP contribution in [0.5, 0.6) is 0 Å². The van der Waals surface area contributed by atoms with Crippen molar-refractivity contribution in [2.24, 2.45) is 0 Å². The van der Waals surface area contributed by atoms with Gasteiger partial charge in [0.05, 0.1) is 12.1 Å². The third-order valence-corrected chi connectivity index (χ3v) is 3.02. The fraction of sp³-hybridized carbons (Fsp3) is 0.545. The molecule has 1 saturated heterocycles. The normalized spacial score (nSPS) is 26.3. The standard InChI is InChI=1S/C11H15BrN2O/c1-11(6-3-7-15-8-11)14-10-5-2-4-9(12)13-10/h2,4-5H,3,6-8H2,1H3,(H,13,14). The minimum absolute atomic E-state index is 0.0199. The average Bonchev–Trinajstić information content (AvgIpc) is 2.18. The number of nitrogens with one attached hydrogen (secondary N) is 1. The van der Waals surface area contributed by atoms with Crippen molar-refractivity contribution in [2.75, 3.05) is 18.5 Å². The second kappa shape index (κ2) is 4.49. The summed E-state index contributed by atoms with van der Waals surface area (Å²) in [7, 11) is 0. The van der Waals surface area contributed by atoms with Crippen molar-refractivity contribution in [3.63, 3.8) is 0 Å². The van der Waals surface area contributed by atoms with E-state index in [-0.39, 0.29) is 5.54 Å². The van der Waals surface area contributed by atoms with Gasteiger partial charge in [0.15, 0.2) is 0 Å². The molecule has 15 heavy (non-hydrogen) atoms. The van der Waals surface area contributed by atoms with Crippen LogP contribution in [0.4, 0.5) is 5.82 Å². The molecule has 2 heterocycles. The van der Waals surface area contributed by atoms with Gasteiger partial charge >= 0.3 is 0 Å². The lowest BCUT2D eigenvalue weighted by atomic mass is 9.95. The summed E-state index contributed by atoms with van der Waals surface area (Å²) in [5, 5.41) is 3.43. The predicted octanol–water partition coefficient (Wildman–Crippen LogP) is 2.83. The first-order valence-corrected chi connectivity index (χ1v) is 5.96. The molecule has 1 unspecified atom stereocenters. The van der Waals surface area contributed by atoms with E-state index in [2.05, 4.69) is 33.2 Å². The van der Waals surface area contributed by atoms with Crippen molar-refractivity contribution in [2.45, 2.75) is 25.3 Å². The lowest BCUT2D eigenvalue weighted by Crippen LogP contribution is -2.43. The number of aromatic nitrogens is 1. The van der Waals surface area contributed by atoms with E-state index in [0.717, 1.165) is 36.5 Å². The van der Waals surface area contributed by atoms with E-state index in [1.165, 1.54) is 0 Å². The van der Waals surface area contributed by atoms with E-state index < -0.39 is 0 Å². The molecule has 82 valence electrons. The second-order valence-electron chi connectivity index (χ2n) is 4.19. The Bertz CT molecular complexity index is 337. The maximum absolute atomic E-state index is 5.49. The molecule has 3 nitrogen and oxygen atoms in total. The Morgan fingerprint density at radius 2 is 2.40 bits per heavy atom. The summed E-state index contributed by atoms with van der Waals surface area (Å²) in [6, 6.07) is 5.88. The Balaban J connectivity index is 2.06. The highest BCUT2D eigenvalue weighted by Gasteiger charge is 2.27. The molecule has 0 aliphatic carbocycles. The highest BCUT2D eigenvalue weighted by Crippen LogP contribution is 2.23. The molecular weight excluding hydrogens is 256 g/mol. The first kappa shape index (κ1) is 10.9. The largest absolute Gasteiger partial charge is 0.379 e. The highest BCUT2D eigenvalue weighted by atomic mass is 79.9. The third kappa shape index (κ3) is 2.92. The molecule has 0 amide bonds. The van der Waals surface area contributed by atoms with E-state index in [4.69, 9.17) is 4.74 Å². The molecule has 1 aromatic rings. The van der Waals surface area contributed by atoms with Crippen molar-refractivity contribution in [1.29, 1.82) is 0 Å². The van der Waals surface area contributed by atoms with Gasteiger partial charge in [-0.2, -0.15) is 0 Å². The van der Waals surface area contributed by atoms with Crippen LogP contribution in [0.2, 0.25) is 0 Å². The number of ether oxygens (including phenoxy) is 1. The maximum atomic E-state index is 5.49. The van der Waals surface area contributed by atoms with Crippen molar-refractivity contribution < 1.29 is 4.74 Å². The van der Waals surface area contributed by atoms with Crippen LogP contribution in [0.15, 0.2) is 22.8 Å². The predicted molar refractivity (Wildman–Crippen MR) is 64.0 cm³/mol. The Hall–Kier alpha value is -0.610. The fourth-order valence-electron chi connectivity index (χ4n) is 1.82. The molecular formula is C11H15BrN2O. The summed E-state index contributed by atoms with van der Waals surface area (Å²) in [5.74, 6) is 0.900. The van der Waals surface area contributed by atoms with Gasteiger partial charge in [-0.25, -0.2) is 4.98 Å². The molecule has 1 aromatic heterocycles. The molecule has 0 radical (unpaired) electrons. The van der Waals surface area contributed by atoms with E-state index in [1.807, 2.05) is 18.2 Å². The molecule has 0 spiro atoms. The lowest BCUT2D eigenvalue weighted by Gasteiger charge is -2.34. The van der Waals surface area contributed by atoms with E-state index in [9.17, 15) is 0 Å². The van der Waals surface area contributed by atoms with Gasteiger partial charge in [0.2, 0.25) is 0 Å². The van der Waals surface area contributed by atoms with E-state index in [1.54, 1.807) is 0 Å². The molecule has 2 rings (SSSR count). The molecule has 0 aromatic carbocycles. The summed E-state index contributed by atoms with van der Waals surface area (Å²) < 4.78 is 6.34. The van der Waals surface area contributed by atoms with Gasteiger partial charge < -0.3 is 10.1 Å². The lowest BCUT2D eigenvalue weighted by molar-refractivity contribution is 0.0539. The van der Waals surface area contributed by atoms with Gasteiger partial charge in [0.25, 0.3) is 0 Å². The van der Waals surface area contributed by atoms with Crippen LogP contribution in [-0.2, 0) is 4.74 Å². The smallest absolute Gasteiger partial charge is 0.127 e. The second-order valence-corrected chi connectivity index (χ2v) is 5.00. The molecule has 1 N–H and O–H groups in total. The van der Waals surface area contributed by atoms with Gasteiger partial charge in [0, 0.05) is 6.61 Å². The topological polar surface area (TPSA) is 34.2 Å². The summed E-state index contributed by atoms with van der Waals surface area (Å²) in [5.41, 5.74) is 0.0199. The molecule has 4 heteroatoms. The molecule has 1 aliphatic heterocycles. The minimum Gasteiger partial charge on any atom is -0.379 e. The van der Waals surface area contributed by atoms with Gasteiger partial charge in [-0.05, 0) is 47.8 Å². The van der Waals surface area contributed by atoms with Crippen LogP contribution in [0.1, 0.15) is 19.8 Å². The highest BCUT2D eigenvalue weighted by molar-refractivity contribution is 9.10. The number of pyridine rings is 1. The average molecular weight is 271 g/mol. The molecule has 0 bridgehead atoms. The number of nitrogens with zero attached hydrogens (tertiary/aromatic N) is 1. The van der Waals surface area contributed by atoms with Crippen molar-refractivity contribution in [3.8, 4) is 0 Å². The molecule has 1 atom stereocenters. The van der Waals surface area contributed by atoms with Gasteiger partial charge in [-0.15, -0.1) is 0 Å². The summed E-state index contributed by atoms with van der Waals surface area (Å²) in [4.78, 5) is 4.36. The first-order valence-electron chi connectivity index (χ1n) is 5.16. The monoisotopic (exact) mass is 270 g/mol. The van der Waals surface area contributed by atoms with Crippen LogP contribution >= 0.6 is 15.9 Å². The zero-order chi connectivity index (χ0) is 10.7. The Morgan fingerprint density at radius 3 is 3.07 bits per heavy atom. The SMILES string of the molecule is CC1(Nc2cccc(Br)n2)CCCOC1. The minimum atomic E-state index is 0.0199. The summed E-state index contributed by atoms with van der Waals surface area (Å²) in [6.45, 7) is 3.80. The van der Waals surface area contributed by atoms with E-state index >= 15 is 0 Å². The maximum Gasteiger partial charge on any atom is 0.127 e. The molecule has 0 saturated carbocycles. The van der Waals surface area contributed by atoms with Crippen LogP contribution in [0, 0.1) is 0 Å². The van der Waals surface area contributed by atoms with Crippen LogP contribution < -0.4 is 5.32 Å². The Kier molecular flexibility index (Phi) is 3.26. The van der Waals surface area contributed by atoms with E-state index in [0.29, 0.717) is 0 Å². The third-order valence-electron chi connectivity index (χ3n) is 2.58. The Labute approximate surface area is 98.4 Å². The summed E-state index contributed by atoms with van der Waals surface area (Å²) in [6.07, 6.45) is 2.23. The van der Waals surface area contributed by atoms with Crippen LogP contribution in [0.3, 0.4) is 0 Å². The van der Waals surface area contributed by atoms with Gasteiger partial charge in [0.1, 0.15) is 10.4 Å². The molecule has 1 aliphatic rings. The number of hydrogen-bond acceptors (Lipinski definition) is 3. The summed E-state index contributed by atoms with van der Waals surface area (Å²) >= 11 is 3.36.